The predicted octanol–water partition coefficient (Wildman–Crippen LogP) is 0.113. The summed E-state index contributed by atoms with van der Waals surface area (Å²) in [6, 6.07) is -0.0251. The van der Waals surface area contributed by atoms with E-state index in [-0.39, 0.29) is 23.8 Å². The van der Waals surface area contributed by atoms with E-state index in [1.165, 1.54) is 0 Å². The van der Waals surface area contributed by atoms with Crippen LogP contribution in [0.2, 0.25) is 0 Å². The van der Waals surface area contributed by atoms with Crippen molar-refractivity contribution in [2.75, 3.05) is 26.2 Å². The molecule has 0 radical (unpaired) electrons. The molecule has 102 valence electrons. The van der Waals surface area contributed by atoms with Crippen LogP contribution in [0.4, 0.5) is 0 Å². The largest absolute Gasteiger partial charge is 0.354 e. The molecule has 2 fully saturated rings. The molecule has 2 rings (SSSR count). The van der Waals surface area contributed by atoms with Gasteiger partial charge in [0.25, 0.3) is 0 Å². The summed E-state index contributed by atoms with van der Waals surface area (Å²) in [5.74, 6) is 0.586. The topological polar surface area (TPSA) is 61.4 Å². The number of piperidine rings is 1. The van der Waals surface area contributed by atoms with E-state index in [0.717, 1.165) is 38.8 Å². The average Bonchev–Trinajstić information content (AvgIpc) is 3.18. The Labute approximate surface area is 108 Å². The number of carbonyl (C=O) groups is 2. The van der Waals surface area contributed by atoms with Gasteiger partial charge in [-0.1, -0.05) is 6.92 Å². The van der Waals surface area contributed by atoms with Gasteiger partial charge in [0.1, 0.15) is 0 Å². The minimum Gasteiger partial charge on any atom is -0.354 e. The molecule has 0 aromatic heterocycles. The van der Waals surface area contributed by atoms with Gasteiger partial charge in [0.05, 0.1) is 6.04 Å². The number of carbonyl (C=O) groups excluding carboxylic acids is 2. The van der Waals surface area contributed by atoms with Gasteiger partial charge in [-0.15, -0.1) is 0 Å². The molecule has 2 aliphatic rings. The highest BCUT2D eigenvalue weighted by molar-refractivity contribution is 5.83. The van der Waals surface area contributed by atoms with E-state index >= 15 is 0 Å². The number of likely N-dealkylation sites (tertiary alicyclic amines) is 1. The maximum atomic E-state index is 12.1. The van der Waals surface area contributed by atoms with E-state index in [4.69, 9.17) is 0 Å². The predicted molar refractivity (Wildman–Crippen MR) is 69.0 cm³/mol. The lowest BCUT2D eigenvalue weighted by molar-refractivity contribution is -0.136. The number of hydrogen-bond acceptors (Lipinski definition) is 3. The van der Waals surface area contributed by atoms with Gasteiger partial charge in [-0.2, -0.15) is 0 Å². The molecule has 1 unspecified atom stereocenters. The van der Waals surface area contributed by atoms with E-state index in [0.29, 0.717) is 13.1 Å². The Morgan fingerprint density at radius 2 is 2.17 bits per heavy atom. The molecule has 1 saturated heterocycles. The van der Waals surface area contributed by atoms with E-state index in [1.807, 2.05) is 11.8 Å². The van der Waals surface area contributed by atoms with Crippen molar-refractivity contribution >= 4 is 11.8 Å². The van der Waals surface area contributed by atoms with E-state index < -0.39 is 0 Å². The lowest BCUT2D eigenvalue weighted by Gasteiger charge is -2.32. The summed E-state index contributed by atoms with van der Waals surface area (Å²) < 4.78 is 0. The zero-order valence-electron chi connectivity index (χ0n) is 11.1. The zero-order valence-corrected chi connectivity index (χ0v) is 11.1. The first kappa shape index (κ1) is 13.3. The number of nitrogens with zero attached hydrogens (tertiary/aromatic N) is 1. The maximum Gasteiger partial charge on any atom is 0.239 e. The second-order valence-electron chi connectivity index (χ2n) is 5.14. The number of likely N-dealkylation sites (N-methyl/N-ethyl adjacent to an activating group) is 1. The summed E-state index contributed by atoms with van der Waals surface area (Å²) in [6.45, 7) is 4.88. The molecule has 0 aromatic rings. The Morgan fingerprint density at radius 3 is 2.83 bits per heavy atom. The minimum atomic E-state index is -0.0251. The van der Waals surface area contributed by atoms with Crippen LogP contribution in [-0.2, 0) is 9.59 Å². The summed E-state index contributed by atoms with van der Waals surface area (Å²) in [4.78, 5) is 25.4. The van der Waals surface area contributed by atoms with Crippen LogP contribution in [0, 0.1) is 5.92 Å². The number of rotatable bonds is 6. The van der Waals surface area contributed by atoms with E-state index in [1.54, 1.807) is 0 Å². The molecule has 5 heteroatoms. The molecule has 5 nitrogen and oxygen atoms in total. The maximum absolute atomic E-state index is 12.1. The van der Waals surface area contributed by atoms with Gasteiger partial charge in [0, 0.05) is 25.6 Å². The number of nitrogens with one attached hydrogen (secondary N) is 2. The van der Waals surface area contributed by atoms with Gasteiger partial charge in [-0.05, 0) is 32.2 Å². The monoisotopic (exact) mass is 253 g/mol. The highest BCUT2D eigenvalue weighted by Gasteiger charge is 2.30. The first-order valence-electron chi connectivity index (χ1n) is 7.02. The van der Waals surface area contributed by atoms with Gasteiger partial charge in [0.2, 0.25) is 11.8 Å². The van der Waals surface area contributed by atoms with Crippen molar-refractivity contribution < 1.29 is 9.59 Å². The van der Waals surface area contributed by atoms with E-state index in [2.05, 4.69) is 10.6 Å². The summed E-state index contributed by atoms with van der Waals surface area (Å²) in [6.07, 6.45) is 4.02. The van der Waals surface area contributed by atoms with Crippen molar-refractivity contribution in [1.82, 2.24) is 15.5 Å². The minimum absolute atomic E-state index is 0.0251. The van der Waals surface area contributed by atoms with Crippen LogP contribution in [0.15, 0.2) is 0 Å². The lowest BCUT2D eigenvalue weighted by atomic mass is 10.0. The Hall–Kier alpha value is -1.10. The fourth-order valence-corrected chi connectivity index (χ4v) is 2.40. The van der Waals surface area contributed by atoms with Crippen molar-refractivity contribution in [2.45, 2.75) is 38.6 Å². The molecule has 1 aliphatic heterocycles. The lowest BCUT2D eigenvalue weighted by Crippen LogP contribution is -2.52. The fraction of sp³-hybridized carbons (Fsp3) is 0.846. The standard InChI is InChI=1S/C13H23N3O2/c1-2-14-11-4-3-8-16(13(11)18)9-7-15-12(17)10-5-6-10/h10-11,14H,2-9H2,1H3,(H,15,17). The Balaban J connectivity index is 1.70. The average molecular weight is 253 g/mol. The van der Waals surface area contributed by atoms with Crippen LogP contribution in [0.1, 0.15) is 32.6 Å². The van der Waals surface area contributed by atoms with Gasteiger partial charge < -0.3 is 15.5 Å². The van der Waals surface area contributed by atoms with Gasteiger partial charge in [-0.3, -0.25) is 9.59 Å². The summed E-state index contributed by atoms with van der Waals surface area (Å²) >= 11 is 0. The molecule has 1 saturated carbocycles. The van der Waals surface area contributed by atoms with Crippen molar-refractivity contribution in [3.8, 4) is 0 Å². The molecule has 0 aromatic carbocycles. The van der Waals surface area contributed by atoms with Crippen LogP contribution in [0.25, 0.3) is 0 Å². The van der Waals surface area contributed by atoms with Crippen molar-refractivity contribution in [2.24, 2.45) is 5.92 Å². The first-order valence-corrected chi connectivity index (χ1v) is 7.02. The third-order valence-electron chi connectivity index (χ3n) is 3.61. The number of amides is 2. The third kappa shape index (κ3) is 3.45. The van der Waals surface area contributed by atoms with Crippen molar-refractivity contribution in [1.29, 1.82) is 0 Å². The molecule has 1 heterocycles. The van der Waals surface area contributed by atoms with Crippen LogP contribution >= 0.6 is 0 Å². The molecule has 2 amide bonds. The van der Waals surface area contributed by atoms with E-state index in [9.17, 15) is 9.59 Å². The third-order valence-corrected chi connectivity index (χ3v) is 3.61. The summed E-state index contributed by atoms with van der Waals surface area (Å²) in [7, 11) is 0. The van der Waals surface area contributed by atoms with Crippen LogP contribution in [-0.4, -0.2) is 48.9 Å². The Bertz CT molecular complexity index is 313. The highest BCUT2D eigenvalue weighted by Crippen LogP contribution is 2.28. The Morgan fingerprint density at radius 1 is 1.39 bits per heavy atom. The second-order valence-corrected chi connectivity index (χ2v) is 5.14. The van der Waals surface area contributed by atoms with Crippen molar-refractivity contribution in [3.05, 3.63) is 0 Å². The molecule has 0 spiro atoms. The molecular formula is C13H23N3O2. The molecule has 0 bridgehead atoms. The zero-order chi connectivity index (χ0) is 13.0. The fourth-order valence-electron chi connectivity index (χ4n) is 2.40. The van der Waals surface area contributed by atoms with Crippen LogP contribution in [0.3, 0.4) is 0 Å². The number of hydrogen-bond donors (Lipinski definition) is 2. The normalized spacial score (nSPS) is 24.2. The summed E-state index contributed by atoms with van der Waals surface area (Å²) in [5, 5.41) is 6.12. The molecular weight excluding hydrogens is 230 g/mol. The molecule has 18 heavy (non-hydrogen) atoms. The SMILES string of the molecule is CCNC1CCCN(CCNC(=O)C2CC2)C1=O. The second kappa shape index (κ2) is 6.18. The van der Waals surface area contributed by atoms with Crippen molar-refractivity contribution in [3.63, 3.8) is 0 Å². The smallest absolute Gasteiger partial charge is 0.239 e. The van der Waals surface area contributed by atoms with Crippen LogP contribution < -0.4 is 10.6 Å². The molecule has 2 N–H and O–H groups in total. The quantitative estimate of drug-likeness (QED) is 0.706. The van der Waals surface area contributed by atoms with Gasteiger partial charge in [-0.25, -0.2) is 0 Å². The molecule has 1 aliphatic carbocycles. The first-order chi connectivity index (χ1) is 8.72. The van der Waals surface area contributed by atoms with Crippen LogP contribution in [0.5, 0.6) is 0 Å². The molecule has 1 atom stereocenters. The van der Waals surface area contributed by atoms with Gasteiger partial charge >= 0.3 is 0 Å². The van der Waals surface area contributed by atoms with Gasteiger partial charge in [0.15, 0.2) is 0 Å². The summed E-state index contributed by atoms with van der Waals surface area (Å²) in [5.41, 5.74) is 0. The highest BCUT2D eigenvalue weighted by atomic mass is 16.2. The Kier molecular flexibility index (Phi) is 4.58.